The smallest absolute Gasteiger partial charge is 0.306 e. The molecule has 1 unspecified atom stereocenters. The summed E-state index contributed by atoms with van der Waals surface area (Å²) in [6.07, 6.45) is 10.5. The molecule has 0 aromatic rings. The van der Waals surface area contributed by atoms with Crippen molar-refractivity contribution in [3.63, 3.8) is 0 Å². The number of hydrogen-bond donors (Lipinski definition) is 1. The number of carbonyl (C=O) groups excluding carboxylic acids is 1. The first-order chi connectivity index (χ1) is 8.81. The summed E-state index contributed by atoms with van der Waals surface area (Å²) >= 11 is 0. The van der Waals surface area contributed by atoms with Crippen LogP contribution in [-0.2, 0) is 9.53 Å². The molecule has 0 spiro atoms. The highest BCUT2D eigenvalue weighted by Gasteiger charge is 2.15. The van der Waals surface area contributed by atoms with Gasteiger partial charge in [-0.25, -0.2) is 0 Å². The summed E-state index contributed by atoms with van der Waals surface area (Å²) in [5.41, 5.74) is -0.369. The molecule has 19 heavy (non-hydrogen) atoms. The van der Waals surface area contributed by atoms with E-state index < -0.39 is 0 Å². The van der Waals surface area contributed by atoms with Gasteiger partial charge in [-0.3, -0.25) is 4.79 Å². The van der Waals surface area contributed by atoms with Crippen LogP contribution in [-0.4, -0.2) is 22.8 Å². The topological polar surface area (TPSA) is 46.5 Å². The Labute approximate surface area is 118 Å². The van der Waals surface area contributed by atoms with E-state index in [1.165, 1.54) is 0 Å². The summed E-state index contributed by atoms with van der Waals surface area (Å²) in [4.78, 5) is 11.4. The lowest BCUT2D eigenvalue weighted by atomic mass is 10.1. The van der Waals surface area contributed by atoms with Crippen molar-refractivity contribution in [1.29, 1.82) is 0 Å². The van der Waals surface area contributed by atoms with Crippen LogP contribution in [0.4, 0.5) is 0 Å². The van der Waals surface area contributed by atoms with Crippen molar-refractivity contribution in [2.75, 3.05) is 0 Å². The average Bonchev–Trinajstić information content (AvgIpc) is 2.24. The van der Waals surface area contributed by atoms with E-state index >= 15 is 0 Å². The molecule has 0 aliphatic rings. The monoisotopic (exact) mass is 270 g/mol. The molecule has 0 aromatic heterocycles. The normalized spacial score (nSPS) is 13.7. The molecule has 0 aliphatic heterocycles. The van der Waals surface area contributed by atoms with Gasteiger partial charge >= 0.3 is 5.97 Å². The lowest BCUT2D eigenvalue weighted by Gasteiger charge is -2.19. The lowest BCUT2D eigenvalue weighted by Crippen LogP contribution is -2.23. The van der Waals surface area contributed by atoms with Crippen LogP contribution in [0.15, 0.2) is 12.2 Å². The van der Waals surface area contributed by atoms with Crippen molar-refractivity contribution in [3.05, 3.63) is 12.2 Å². The number of hydrogen-bond acceptors (Lipinski definition) is 3. The molecule has 0 saturated heterocycles. The van der Waals surface area contributed by atoms with Crippen molar-refractivity contribution in [3.8, 4) is 0 Å². The number of rotatable bonds is 9. The van der Waals surface area contributed by atoms with Crippen LogP contribution >= 0.6 is 0 Å². The number of ether oxygens (including phenoxy) is 1. The van der Waals surface area contributed by atoms with E-state index in [-0.39, 0.29) is 17.7 Å². The van der Waals surface area contributed by atoms with Gasteiger partial charge in [0.2, 0.25) is 0 Å². The zero-order valence-electron chi connectivity index (χ0n) is 12.9. The molecule has 3 heteroatoms. The molecule has 0 radical (unpaired) electrons. The fourth-order valence-electron chi connectivity index (χ4n) is 1.69. The highest BCUT2D eigenvalue weighted by atomic mass is 16.6. The quantitative estimate of drug-likeness (QED) is 0.391. The Bertz CT molecular complexity index is 262. The summed E-state index contributed by atoms with van der Waals surface area (Å²) in [5.74, 6) is -0.0932. The van der Waals surface area contributed by atoms with Crippen LogP contribution in [0, 0.1) is 0 Å². The maximum absolute atomic E-state index is 11.4. The van der Waals surface area contributed by atoms with Crippen molar-refractivity contribution in [2.45, 2.75) is 84.3 Å². The van der Waals surface area contributed by atoms with Gasteiger partial charge in [0.05, 0.1) is 6.10 Å². The first-order valence-electron chi connectivity index (χ1n) is 7.36. The number of allylic oxidation sites excluding steroid dienone is 1. The van der Waals surface area contributed by atoms with Crippen molar-refractivity contribution >= 4 is 5.97 Å². The summed E-state index contributed by atoms with van der Waals surface area (Å²) in [6.45, 7) is 7.47. The molecule has 0 saturated carbocycles. The van der Waals surface area contributed by atoms with Crippen molar-refractivity contribution in [1.82, 2.24) is 0 Å². The van der Waals surface area contributed by atoms with E-state index in [9.17, 15) is 4.79 Å². The summed E-state index contributed by atoms with van der Waals surface area (Å²) < 4.78 is 5.25. The van der Waals surface area contributed by atoms with Crippen LogP contribution in [0.2, 0.25) is 0 Å². The number of carbonyl (C=O) groups is 1. The Morgan fingerprint density at radius 1 is 1.16 bits per heavy atom. The third kappa shape index (κ3) is 15.1. The molecule has 3 nitrogen and oxygen atoms in total. The molecule has 0 aromatic carbocycles. The van der Waals surface area contributed by atoms with Gasteiger partial charge in [0.15, 0.2) is 0 Å². The molecule has 0 bridgehead atoms. The molecule has 0 heterocycles. The third-order valence-electron chi connectivity index (χ3n) is 2.57. The Balaban J connectivity index is 3.36. The van der Waals surface area contributed by atoms with Crippen LogP contribution in [0.5, 0.6) is 0 Å². The zero-order chi connectivity index (χ0) is 14.7. The number of aliphatic hydroxyl groups excluding tert-OH is 1. The molecular formula is C16H30O3. The highest BCUT2D eigenvalue weighted by Crippen LogP contribution is 2.11. The minimum Gasteiger partial charge on any atom is -0.460 e. The maximum Gasteiger partial charge on any atom is 0.306 e. The van der Waals surface area contributed by atoms with Crippen LogP contribution in [0.3, 0.4) is 0 Å². The number of unbranched alkanes of at least 4 members (excludes halogenated alkanes) is 4. The summed E-state index contributed by atoms with van der Waals surface area (Å²) in [6, 6.07) is 0. The van der Waals surface area contributed by atoms with Gasteiger partial charge in [0, 0.05) is 6.42 Å². The van der Waals surface area contributed by atoms with Crippen LogP contribution < -0.4 is 0 Å². The van der Waals surface area contributed by atoms with Gasteiger partial charge in [-0.15, -0.1) is 0 Å². The number of esters is 1. The Kier molecular flexibility index (Phi) is 9.58. The fourth-order valence-corrected chi connectivity index (χ4v) is 1.69. The Hall–Kier alpha value is -0.830. The second-order valence-corrected chi connectivity index (χ2v) is 6.10. The van der Waals surface area contributed by atoms with Gasteiger partial charge in [-0.05, 0) is 53.4 Å². The standard InChI is InChI=1S/C16H30O3/c1-14(17)12-10-8-6-5-7-9-11-13-15(18)19-16(2,3)4/h8,10,14,17H,5-7,9,11-13H2,1-4H3. The Morgan fingerprint density at radius 2 is 1.79 bits per heavy atom. The predicted octanol–water partition coefficient (Wildman–Crippen LogP) is 4.00. The van der Waals surface area contributed by atoms with Gasteiger partial charge in [0.25, 0.3) is 0 Å². The molecule has 1 atom stereocenters. The largest absolute Gasteiger partial charge is 0.460 e. The zero-order valence-corrected chi connectivity index (χ0v) is 12.9. The van der Waals surface area contributed by atoms with Gasteiger partial charge in [0.1, 0.15) is 5.60 Å². The Morgan fingerprint density at radius 3 is 2.37 bits per heavy atom. The van der Waals surface area contributed by atoms with E-state index in [1.54, 1.807) is 6.92 Å². The first-order valence-corrected chi connectivity index (χ1v) is 7.36. The van der Waals surface area contributed by atoms with E-state index in [2.05, 4.69) is 6.08 Å². The molecule has 0 aliphatic carbocycles. The first kappa shape index (κ1) is 18.2. The molecular weight excluding hydrogens is 240 g/mol. The fraction of sp³-hybridized carbons (Fsp3) is 0.812. The van der Waals surface area contributed by atoms with Crippen LogP contribution in [0.1, 0.15) is 72.6 Å². The molecule has 0 fully saturated rings. The molecule has 1 N–H and O–H groups in total. The van der Waals surface area contributed by atoms with Crippen molar-refractivity contribution in [2.24, 2.45) is 0 Å². The lowest BCUT2D eigenvalue weighted by molar-refractivity contribution is -0.154. The van der Waals surface area contributed by atoms with Gasteiger partial charge < -0.3 is 9.84 Å². The summed E-state index contributed by atoms with van der Waals surface area (Å²) in [5, 5.41) is 9.06. The van der Waals surface area contributed by atoms with Gasteiger partial charge in [-0.1, -0.05) is 25.0 Å². The minimum atomic E-state index is -0.369. The molecule has 0 amide bonds. The molecule has 0 rings (SSSR count). The minimum absolute atomic E-state index is 0.0932. The average molecular weight is 270 g/mol. The van der Waals surface area contributed by atoms with Crippen molar-refractivity contribution < 1.29 is 14.6 Å². The number of aliphatic hydroxyl groups is 1. The summed E-state index contributed by atoms with van der Waals surface area (Å²) in [7, 11) is 0. The third-order valence-corrected chi connectivity index (χ3v) is 2.57. The highest BCUT2D eigenvalue weighted by molar-refractivity contribution is 5.69. The van der Waals surface area contributed by atoms with E-state index in [0.29, 0.717) is 6.42 Å². The van der Waals surface area contributed by atoms with E-state index in [0.717, 1.165) is 38.5 Å². The van der Waals surface area contributed by atoms with Gasteiger partial charge in [-0.2, -0.15) is 0 Å². The van der Waals surface area contributed by atoms with Crippen LogP contribution in [0.25, 0.3) is 0 Å². The predicted molar refractivity (Wildman–Crippen MR) is 79.0 cm³/mol. The second-order valence-electron chi connectivity index (χ2n) is 6.10. The molecule has 112 valence electrons. The van der Waals surface area contributed by atoms with E-state index in [1.807, 2.05) is 26.8 Å². The second kappa shape index (κ2) is 10.0. The van der Waals surface area contributed by atoms with E-state index in [4.69, 9.17) is 9.84 Å². The SMILES string of the molecule is CC(O)CC=CCCCCCCC(=O)OC(C)(C)C. The maximum atomic E-state index is 11.4.